The molecule has 0 fully saturated rings. The van der Waals surface area contributed by atoms with Gasteiger partial charge in [-0.25, -0.2) is 0 Å². The smallest absolute Gasteiger partial charge is 0.191 e. The van der Waals surface area contributed by atoms with Crippen molar-refractivity contribution in [2.75, 3.05) is 0 Å². The lowest BCUT2D eigenvalue weighted by molar-refractivity contribution is 0.638. The van der Waals surface area contributed by atoms with Crippen molar-refractivity contribution in [3.8, 4) is 0 Å². The van der Waals surface area contributed by atoms with E-state index in [-0.39, 0.29) is 0 Å². The molecular formula is C19H19Cl2N3S. The molecule has 0 radical (unpaired) electrons. The summed E-state index contributed by atoms with van der Waals surface area (Å²) in [5.41, 5.74) is 2.44. The van der Waals surface area contributed by atoms with Gasteiger partial charge < -0.3 is 4.57 Å². The van der Waals surface area contributed by atoms with Crippen LogP contribution in [0.4, 0.5) is 0 Å². The Morgan fingerprint density at radius 2 is 1.72 bits per heavy atom. The fourth-order valence-electron chi connectivity index (χ4n) is 2.61. The van der Waals surface area contributed by atoms with E-state index in [4.69, 9.17) is 23.2 Å². The lowest BCUT2D eigenvalue weighted by atomic mass is 10.1. The fraction of sp³-hybridized carbons (Fsp3) is 0.263. The minimum Gasteiger partial charge on any atom is -0.306 e. The van der Waals surface area contributed by atoms with E-state index < -0.39 is 0 Å². The Bertz CT molecular complexity index is 834. The van der Waals surface area contributed by atoms with Crippen molar-refractivity contribution in [3.05, 3.63) is 75.5 Å². The standard InChI is InChI=1S/C19H19Cl2N3S/c1-2-24-18(11-9-14-6-4-3-5-7-14)22-23-19(24)25-13-15-8-10-16(20)17(21)12-15/h3-8,10,12H,2,9,11,13H2,1H3. The molecule has 1 heterocycles. The lowest BCUT2D eigenvalue weighted by Gasteiger charge is -2.08. The van der Waals surface area contributed by atoms with E-state index in [0.717, 1.165) is 41.7 Å². The predicted octanol–water partition coefficient (Wildman–Crippen LogP) is 5.68. The maximum Gasteiger partial charge on any atom is 0.191 e. The van der Waals surface area contributed by atoms with Crippen molar-refractivity contribution in [2.24, 2.45) is 0 Å². The average molecular weight is 392 g/mol. The first kappa shape index (κ1) is 18.3. The largest absolute Gasteiger partial charge is 0.306 e. The monoisotopic (exact) mass is 391 g/mol. The summed E-state index contributed by atoms with van der Waals surface area (Å²) in [5.74, 6) is 1.82. The molecule has 3 rings (SSSR count). The molecule has 0 saturated heterocycles. The molecule has 3 aromatic rings. The molecule has 25 heavy (non-hydrogen) atoms. The van der Waals surface area contributed by atoms with Crippen LogP contribution in [0.3, 0.4) is 0 Å². The molecule has 0 saturated carbocycles. The summed E-state index contributed by atoms with van der Waals surface area (Å²) in [7, 11) is 0. The molecule has 0 aliphatic rings. The average Bonchev–Trinajstić information content (AvgIpc) is 3.03. The summed E-state index contributed by atoms with van der Waals surface area (Å²) in [6.45, 7) is 2.99. The minimum atomic E-state index is 0.579. The number of aryl methyl sites for hydroxylation is 2. The summed E-state index contributed by atoms with van der Waals surface area (Å²) < 4.78 is 2.19. The van der Waals surface area contributed by atoms with Crippen molar-refractivity contribution in [1.29, 1.82) is 0 Å². The zero-order chi connectivity index (χ0) is 17.6. The van der Waals surface area contributed by atoms with Gasteiger partial charge in [-0.3, -0.25) is 0 Å². The molecule has 1 aromatic heterocycles. The number of aromatic nitrogens is 3. The van der Waals surface area contributed by atoms with Gasteiger partial charge in [0, 0.05) is 18.7 Å². The quantitative estimate of drug-likeness (QED) is 0.485. The number of rotatable bonds is 7. The van der Waals surface area contributed by atoms with Gasteiger partial charge in [-0.1, -0.05) is 71.4 Å². The summed E-state index contributed by atoms with van der Waals surface area (Å²) >= 11 is 13.7. The van der Waals surface area contributed by atoms with E-state index in [1.807, 2.05) is 24.3 Å². The molecule has 0 aliphatic heterocycles. The van der Waals surface area contributed by atoms with Crippen molar-refractivity contribution in [3.63, 3.8) is 0 Å². The van der Waals surface area contributed by atoms with Crippen LogP contribution in [0.25, 0.3) is 0 Å². The first-order valence-corrected chi connectivity index (χ1v) is 9.94. The van der Waals surface area contributed by atoms with Gasteiger partial charge in [0.05, 0.1) is 10.0 Å². The summed E-state index contributed by atoms with van der Waals surface area (Å²) in [6, 6.07) is 16.2. The highest BCUT2D eigenvalue weighted by atomic mass is 35.5. The van der Waals surface area contributed by atoms with Crippen LogP contribution in [-0.4, -0.2) is 14.8 Å². The molecule has 0 aliphatic carbocycles. The Labute approximate surface area is 162 Å². The summed E-state index contributed by atoms with van der Waals surface area (Å²) in [4.78, 5) is 0. The van der Waals surface area contributed by atoms with Crippen molar-refractivity contribution < 1.29 is 0 Å². The number of hydrogen-bond acceptors (Lipinski definition) is 3. The van der Waals surface area contributed by atoms with E-state index >= 15 is 0 Å². The van der Waals surface area contributed by atoms with Gasteiger partial charge in [0.15, 0.2) is 5.16 Å². The molecule has 0 N–H and O–H groups in total. The zero-order valence-electron chi connectivity index (χ0n) is 14.0. The molecule has 2 aromatic carbocycles. The normalized spacial score (nSPS) is 11.0. The van der Waals surface area contributed by atoms with E-state index in [1.54, 1.807) is 11.8 Å². The van der Waals surface area contributed by atoms with Crippen LogP contribution in [0, 0.1) is 0 Å². The SMILES string of the molecule is CCn1c(CCc2ccccc2)nnc1SCc1ccc(Cl)c(Cl)c1. The Kier molecular flexibility index (Phi) is 6.40. The number of hydrogen-bond donors (Lipinski definition) is 0. The van der Waals surface area contributed by atoms with Crippen LogP contribution in [0.2, 0.25) is 10.0 Å². The highest BCUT2D eigenvalue weighted by Gasteiger charge is 2.12. The van der Waals surface area contributed by atoms with Crippen molar-refractivity contribution >= 4 is 35.0 Å². The molecule has 0 unspecified atom stereocenters. The highest BCUT2D eigenvalue weighted by Crippen LogP contribution is 2.27. The third-order valence-corrected chi connectivity index (χ3v) is 5.72. The van der Waals surface area contributed by atoms with Crippen LogP contribution in [0.15, 0.2) is 53.7 Å². The van der Waals surface area contributed by atoms with Crippen molar-refractivity contribution in [2.45, 2.75) is 37.2 Å². The second-order valence-corrected chi connectivity index (χ2v) is 7.42. The molecule has 130 valence electrons. The van der Waals surface area contributed by atoms with Gasteiger partial charge in [0.1, 0.15) is 5.82 Å². The van der Waals surface area contributed by atoms with Crippen LogP contribution in [0.1, 0.15) is 23.9 Å². The first-order valence-electron chi connectivity index (χ1n) is 8.20. The predicted molar refractivity (Wildman–Crippen MR) is 106 cm³/mol. The Balaban J connectivity index is 1.66. The van der Waals surface area contributed by atoms with Gasteiger partial charge in [-0.2, -0.15) is 0 Å². The van der Waals surface area contributed by atoms with E-state index in [1.165, 1.54) is 5.56 Å². The molecule has 0 amide bonds. The van der Waals surface area contributed by atoms with Gasteiger partial charge in [0.25, 0.3) is 0 Å². The second kappa shape index (κ2) is 8.75. The van der Waals surface area contributed by atoms with Crippen LogP contribution in [-0.2, 0) is 25.1 Å². The molecular weight excluding hydrogens is 373 g/mol. The van der Waals surface area contributed by atoms with Gasteiger partial charge in [-0.15, -0.1) is 10.2 Å². The Morgan fingerprint density at radius 1 is 0.920 bits per heavy atom. The summed E-state index contributed by atoms with van der Waals surface area (Å²) in [5, 5.41) is 10.9. The maximum absolute atomic E-state index is 6.08. The van der Waals surface area contributed by atoms with E-state index in [2.05, 4.69) is 46.0 Å². The maximum atomic E-state index is 6.08. The fourth-order valence-corrected chi connectivity index (χ4v) is 3.89. The highest BCUT2D eigenvalue weighted by molar-refractivity contribution is 7.98. The Hall–Kier alpha value is -1.49. The first-order chi connectivity index (χ1) is 12.2. The minimum absolute atomic E-state index is 0.579. The molecule has 0 spiro atoms. The molecule has 0 atom stereocenters. The number of nitrogens with zero attached hydrogens (tertiary/aromatic N) is 3. The van der Waals surface area contributed by atoms with Crippen LogP contribution in [0.5, 0.6) is 0 Å². The second-order valence-electron chi connectivity index (χ2n) is 5.67. The van der Waals surface area contributed by atoms with E-state index in [0.29, 0.717) is 10.0 Å². The Morgan fingerprint density at radius 3 is 2.44 bits per heavy atom. The van der Waals surface area contributed by atoms with Gasteiger partial charge >= 0.3 is 0 Å². The van der Waals surface area contributed by atoms with Gasteiger partial charge in [0.2, 0.25) is 0 Å². The summed E-state index contributed by atoms with van der Waals surface area (Å²) in [6.07, 6.45) is 1.86. The lowest BCUT2D eigenvalue weighted by Crippen LogP contribution is -2.05. The third kappa shape index (κ3) is 4.78. The zero-order valence-corrected chi connectivity index (χ0v) is 16.3. The van der Waals surface area contributed by atoms with Gasteiger partial charge in [-0.05, 0) is 36.6 Å². The molecule has 6 heteroatoms. The number of benzene rings is 2. The topological polar surface area (TPSA) is 30.7 Å². The molecule has 0 bridgehead atoms. The van der Waals surface area contributed by atoms with Crippen LogP contribution < -0.4 is 0 Å². The number of halogens is 2. The van der Waals surface area contributed by atoms with Crippen LogP contribution >= 0.6 is 35.0 Å². The third-order valence-electron chi connectivity index (χ3n) is 3.94. The molecule has 3 nitrogen and oxygen atoms in total. The van der Waals surface area contributed by atoms with Crippen molar-refractivity contribution in [1.82, 2.24) is 14.8 Å². The van der Waals surface area contributed by atoms with E-state index in [9.17, 15) is 0 Å². The number of thioether (sulfide) groups is 1.